The third-order valence-corrected chi connectivity index (χ3v) is 5.69. The number of carbonyl (C=O) groups excluding carboxylic acids is 2. The molecule has 1 aromatic carbocycles. The molecule has 0 spiro atoms. The molecule has 0 aromatic heterocycles. The van der Waals surface area contributed by atoms with Gasteiger partial charge in [0, 0.05) is 18.7 Å². The molecule has 146 valence electrons. The summed E-state index contributed by atoms with van der Waals surface area (Å²) in [5.74, 6) is 1.71. The molecule has 7 heteroatoms. The zero-order valence-corrected chi connectivity index (χ0v) is 15.5. The van der Waals surface area contributed by atoms with E-state index in [1.807, 2.05) is 0 Å². The molecule has 7 nitrogen and oxygen atoms in total. The predicted octanol–water partition coefficient (Wildman–Crippen LogP) is 1.53. The molecule has 3 aliphatic rings. The Kier molecular flexibility index (Phi) is 5.48. The van der Waals surface area contributed by atoms with Gasteiger partial charge in [-0.05, 0) is 69.3 Å². The second-order valence-corrected chi connectivity index (χ2v) is 7.52. The maximum Gasteiger partial charge on any atom is 0.254 e. The maximum absolute atomic E-state index is 12.9. The predicted molar refractivity (Wildman–Crippen MR) is 99.8 cm³/mol. The van der Waals surface area contributed by atoms with Gasteiger partial charge in [-0.1, -0.05) is 0 Å². The highest BCUT2D eigenvalue weighted by molar-refractivity contribution is 5.98. The van der Waals surface area contributed by atoms with Crippen molar-refractivity contribution in [1.82, 2.24) is 15.5 Å². The van der Waals surface area contributed by atoms with Crippen LogP contribution < -0.4 is 20.1 Å². The van der Waals surface area contributed by atoms with Crippen LogP contribution in [0.5, 0.6) is 11.5 Å². The average molecular weight is 373 g/mol. The van der Waals surface area contributed by atoms with Gasteiger partial charge in [0.15, 0.2) is 11.5 Å². The van der Waals surface area contributed by atoms with Gasteiger partial charge in [-0.15, -0.1) is 0 Å². The van der Waals surface area contributed by atoms with Gasteiger partial charge in [-0.3, -0.25) is 9.59 Å². The van der Waals surface area contributed by atoms with E-state index in [-0.39, 0.29) is 24.6 Å². The second-order valence-electron chi connectivity index (χ2n) is 7.52. The Balaban J connectivity index is 1.33. The van der Waals surface area contributed by atoms with Crippen molar-refractivity contribution in [3.63, 3.8) is 0 Å². The number of amides is 2. The number of likely N-dealkylation sites (tertiary alicyclic amines) is 1. The molecule has 0 saturated carbocycles. The number of fused-ring (bicyclic) bond motifs is 1. The lowest BCUT2D eigenvalue weighted by atomic mass is 9.96. The molecule has 2 atom stereocenters. The lowest BCUT2D eigenvalue weighted by molar-refractivity contribution is -0.124. The zero-order chi connectivity index (χ0) is 18.6. The summed E-state index contributed by atoms with van der Waals surface area (Å²) in [4.78, 5) is 27.3. The monoisotopic (exact) mass is 373 g/mol. The van der Waals surface area contributed by atoms with E-state index in [1.54, 1.807) is 23.1 Å². The molecule has 2 amide bonds. The molecular formula is C20H27N3O4. The van der Waals surface area contributed by atoms with E-state index in [1.165, 1.54) is 12.8 Å². The third kappa shape index (κ3) is 4.03. The van der Waals surface area contributed by atoms with Crippen molar-refractivity contribution in [3.8, 4) is 11.5 Å². The van der Waals surface area contributed by atoms with Gasteiger partial charge in [0.25, 0.3) is 5.91 Å². The number of hydrogen-bond acceptors (Lipinski definition) is 5. The largest absolute Gasteiger partial charge is 0.454 e. The van der Waals surface area contributed by atoms with Gasteiger partial charge >= 0.3 is 0 Å². The summed E-state index contributed by atoms with van der Waals surface area (Å²) in [6, 6.07) is 4.80. The molecule has 3 aliphatic heterocycles. The number of rotatable bonds is 5. The van der Waals surface area contributed by atoms with Crippen LogP contribution in [0.1, 0.15) is 42.5 Å². The summed E-state index contributed by atoms with van der Waals surface area (Å²) in [5.41, 5.74) is 0.534. The minimum absolute atomic E-state index is 0.0367. The van der Waals surface area contributed by atoms with Crippen molar-refractivity contribution in [1.29, 1.82) is 0 Å². The van der Waals surface area contributed by atoms with E-state index in [4.69, 9.17) is 9.47 Å². The van der Waals surface area contributed by atoms with Crippen molar-refractivity contribution in [2.75, 3.05) is 33.0 Å². The Bertz CT molecular complexity index is 702. The Morgan fingerprint density at radius 1 is 1.19 bits per heavy atom. The summed E-state index contributed by atoms with van der Waals surface area (Å²) in [7, 11) is 0. The standard InChI is InChI=1S/C20H27N3O4/c24-19(22-9-7-14-3-1-8-21-12-14)16-4-2-10-23(16)20(25)15-5-6-17-18(11-15)27-13-26-17/h5-6,11,14,16,21H,1-4,7-10,12-13H2,(H,22,24). The summed E-state index contributed by atoms with van der Waals surface area (Å²) in [6.45, 7) is 3.60. The van der Waals surface area contributed by atoms with Crippen LogP contribution in [0.4, 0.5) is 0 Å². The average Bonchev–Trinajstić information content (AvgIpc) is 3.37. The molecule has 2 fully saturated rings. The van der Waals surface area contributed by atoms with Crippen molar-refractivity contribution in [2.24, 2.45) is 5.92 Å². The molecule has 0 radical (unpaired) electrons. The number of carbonyl (C=O) groups is 2. The van der Waals surface area contributed by atoms with Crippen molar-refractivity contribution in [2.45, 2.75) is 38.1 Å². The smallest absolute Gasteiger partial charge is 0.254 e. The highest BCUT2D eigenvalue weighted by atomic mass is 16.7. The first-order chi connectivity index (χ1) is 13.2. The fraction of sp³-hybridized carbons (Fsp3) is 0.600. The first-order valence-electron chi connectivity index (χ1n) is 9.91. The lowest BCUT2D eigenvalue weighted by Crippen LogP contribution is -2.46. The van der Waals surface area contributed by atoms with E-state index in [0.717, 1.165) is 25.9 Å². The van der Waals surface area contributed by atoms with Crippen LogP contribution in [-0.2, 0) is 4.79 Å². The Labute approximate surface area is 159 Å². The number of piperidine rings is 1. The zero-order valence-electron chi connectivity index (χ0n) is 15.5. The van der Waals surface area contributed by atoms with E-state index >= 15 is 0 Å². The van der Waals surface area contributed by atoms with Gasteiger partial charge in [-0.2, -0.15) is 0 Å². The summed E-state index contributed by atoms with van der Waals surface area (Å²) >= 11 is 0. The van der Waals surface area contributed by atoms with Gasteiger partial charge in [0.1, 0.15) is 6.04 Å². The Morgan fingerprint density at radius 2 is 2.07 bits per heavy atom. The van der Waals surface area contributed by atoms with E-state index in [2.05, 4.69) is 10.6 Å². The number of hydrogen-bond donors (Lipinski definition) is 2. The minimum atomic E-state index is -0.382. The molecule has 2 unspecified atom stereocenters. The first-order valence-corrected chi connectivity index (χ1v) is 9.91. The number of ether oxygens (including phenoxy) is 2. The Morgan fingerprint density at radius 3 is 2.93 bits per heavy atom. The molecule has 2 saturated heterocycles. The van der Waals surface area contributed by atoms with Crippen LogP contribution in [0.2, 0.25) is 0 Å². The molecule has 0 bridgehead atoms. The number of benzene rings is 1. The molecule has 4 rings (SSSR count). The van der Waals surface area contributed by atoms with Crippen LogP contribution >= 0.6 is 0 Å². The van der Waals surface area contributed by atoms with Gasteiger partial charge in [0.2, 0.25) is 12.7 Å². The van der Waals surface area contributed by atoms with Crippen molar-refractivity contribution < 1.29 is 19.1 Å². The third-order valence-electron chi connectivity index (χ3n) is 5.69. The fourth-order valence-corrected chi connectivity index (χ4v) is 4.17. The van der Waals surface area contributed by atoms with Gasteiger partial charge in [0.05, 0.1) is 0 Å². The second kappa shape index (κ2) is 8.17. The van der Waals surface area contributed by atoms with Crippen LogP contribution in [0.3, 0.4) is 0 Å². The molecule has 27 heavy (non-hydrogen) atoms. The highest BCUT2D eigenvalue weighted by Gasteiger charge is 2.35. The fourth-order valence-electron chi connectivity index (χ4n) is 4.17. The van der Waals surface area contributed by atoms with Crippen LogP contribution in [0.15, 0.2) is 18.2 Å². The number of nitrogens with zero attached hydrogens (tertiary/aromatic N) is 1. The van der Waals surface area contributed by atoms with Crippen LogP contribution in [-0.4, -0.2) is 55.7 Å². The van der Waals surface area contributed by atoms with Crippen molar-refractivity contribution >= 4 is 11.8 Å². The SMILES string of the molecule is O=C(NCCC1CCCNC1)C1CCCN1C(=O)c1ccc2c(c1)OCO2. The van der Waals surface area contributed by atoms with E-state index in [9.17, 15) is 9.59 Å². The number of nitrogens with one attached hydrogen (secondary N) is 2. The first kappa shape index (κ1) is 18.1. The molecular weight excluding hydrogens is 346 g/mol. The van der Waals surface area contributed by atoms with E-state index < -0.39 is 0 Å². The van der Waals surface area contributed by atoms with Crippen molar-refractivity contribution in [3.05, 3.63) is 23.8 Å². The molecule has 0 aliphatic carbocycles. The minimum Gasteiger partial charge on any atom is -0.454 e. The quantitative estimate of drug-likeness (QED) is 0.818. The normalized spacial score (nSPS) is 24.1. The molecule has 2 N–H and O–H groups in total. The molecule has 1 aromatic rings. The van der Waals surface area contributed by atoms with Crippen LogP contribution in [0, 0.1) is 5.92 Å². The topological polar surface area (TPSA) is 79.9 Å². The van der Waals surface area contributed by atoms with E-state index in [0.29, 0.717) is 42.5 Å². The maximum atomic E-state index is 12.9. The summed E-state index contributed by atoms with van der Waals surface area (Å²) in [6.07, 6.45) is 4.98. The summed E-state index contributed by atoms with van der Waals surface area (Å²) in [5, 5.41) is 6.45. The van der Waals surface area contributed by atoms with Gasteiger partial charge in [-0.25, -0.2) is 0 Å². The lowest BCUT2D eigenvalue weighted by Gasteiger charge is -2.25. The van der Waals surface area contributed by atoms with Crippen LogP contribution in [0.25, 0.3) is 0 Å². The highest BCUT2D eigenvalue weighted by Crippen LogP contribution is 2.33. The molecule has 3 heterocycles. The summed E-state index contributed by atoms with van der Waals surface area (Å²) < 4.78 is 10.7. The Hall–Kier alpha value is -2.28. The van der Waals surface area contributed by atoms with Gasteiger partial charge < -0.3 is 25.0 Å².